The summed E-state index contributed by atoms with van der Waals surface area (Å²) in [6, 6.07) is 0. The van der Waals surface area contributed by atoms with Gasteiger partial charge in [-0.05, 0) is 98.7 Å². The molecule has 7 saturated heterocycles. The van der Waals surface area contributed by atoms with Crippen molar-refractivity contribution in [1.82, 2.24) is 0 Å². The topological polar surface area (TPSA) is 394 Å². The zero-order chi connectivity index (χ0) is 58.6. The van der Waals surface area contributed by atoms with E-state index >= 15 is 0 Å². The molecule has 10 fully saturated rings. The lowest BCUT2D eigenvalue weighted by Crippen LogP contribution is -2.69. The minimum Gasteiger partial charge on any atom is -0.394 e. The van der Waals surface area contributed by atoms with Gasteiger partial charge in [-0.3, -0.25) is 0 Å². The Morgan fingerprint density at radius 3 is 1.77 bits per heavy atom. The second-order valence-electron chi connectivity index (χ2n) is 26.2. The number of hydrogen-bond acceptors (Lipinski definition) is 26. The predicted octanol–water partition coefficient (Wildman–Crippen LogP) is -3.50. The molecule has 26 heteroatoms. The standard InChI is InChI=1S/C56H90O26/c1-21-8-13-56(72-19-21)22(2)34-30(82-56)15-28-26-7-6-24-14-25(9-11-54(24,4)27(26)10-12-55(28,34)5)74-51-43(69)39(65)46(33(18-59)76-51)79-53-48(47(37(63)31(16-57)75-53)80-49-41(67)36(62)29(60)20-71-49)81-52-44(70)40(66)45(32(17-58)77-52)78-50-42(68)38(64)35(61)23(3)73-50/h6,21-23,25-53,57-70H,7-20H2,1-5H3. The van der Waals surface area contributed by atoms with Gasteiger partial charge in [-0.2, -0.15) is 0 Å². The number of allylic oxidation sites excluding steroid dienone is 1. The van der Waals surface area contributed by atoms with Gasteiger partial charge in [0, 0.05) is 12.3 Å². The van der Waals surface area contributed by atoms with Crippen LogP contribution in [0.1, 0.15) is 92.4 Å². The largest absolute Gasteiger partial charge is 0.394 e. The van der Waals surface area contributed by atoms with Crippen molar-refractivity contribution in [2.45, 2.75) is 258 Å². The highest BCUT2D eigenvalue weighted by molar-refractivity contribution is 5.26. The molecule has 0 aromatic carbocycles. The summed E-state index contributed by atoms with van der Waals surface area (Å²) in [5.41, 5.74) is 1.37. The van der Waals surface area contributed by atoms with E-state index in [9.17, 15) is 71.5 Å². The molecule has 4 aliphatic carbocycles. The van der Waals surface area contributed by atoms with Crippen LogP contribution in [-0.4, -0.2) is 270 Å². The molecule has 7 heterocycles. The fourth-order valence-corrected chi connectivity index (χ4v) is 16.7. The average Bonchev–Trinajstić information content (AvgIpc) is 1.73. The maximum atomic E-state index is 12.0. The van der Waals surface area contributed by atoms with Gasteiger partial charge in [0.15, 0.2) is 37.2 Å². The number of aliphatic hydroxyl groups is 14. The lowest BCUT2D eigenvalue weighted by molar-refractivity contribution is -0.408. The van der Waals surface area contributed by atoms with Crippen LogP contribution >= 0.6 is 0 Å². The molecule has 470 valence electrons. The van der Waals surface area contributed by atoms with Gasteiger partial charge in [-0.25, -0.2) is 0 Å². The molecule has 82 heavy (non-hydrogen) atoms. The fraction of sp³-hybridized carbons (Fsp3) is 0.964. The monoisotopic (exact) mass is 1180 g/mol. The molecule has 11 rings (SSSR count). The fourth-order valence-electron chi connectivity index (χ4n) is 16.7. The Balaban J connectivity index is 0.781. The van der Waals surface area contributed by atoms with Crippen LogP contribution in [0.5, 0.6) is 0 Å². The first-order valence-electron chi connectivity index (χ1n) is 29.8. The van der Waals surface area contributed by atoms with Gasteiger partial charge in [-0.15, -0.1) is 0 Å². The quantitative estimate of drug-likeness (QED) is 0.0796. The predicted molar refractivity (Wildman–Crippen MR) is 273 cm³/mol. The van der Waals surface area contributed by atoms with E-state index in [0.29, 0.717) is 48.3 Å². The molecule has 0 aromatic heterocycles. The number of ether oxygens (including phenoxy) is 12. The minimum atomic E-state index is -2.14. The van der Waals surface area contributed by atoms with Crippen LogP contribution in [0.25, 0.3) is 0 Å². The van der Waals surface area contributed by atoms with E-state index in [-0.39, 0.29) is 16.9 Å². The third kappa shape index (κ3) is 10.8. The molecule has 26 nitrogen and oxygen atoms in total. The van der Waals surface area contributed by atoms with Crippen molar-refractivity contribution < 1.29 is 128 Å². The van der Waals surface area contributed by atoms with Crippen molar-refractivity contribution in [3.05, 3.63) is 11.6 Å². The Bertz CT molecular complexity index is 2190. The summed E-state index contributed by atoms with van der Waals surface area (Å²) in [6.07, 6.45) is -31.8. The van der Waals surface area contributed by atoms with Crippen molar-refractivity contribution in [2.75, 3.05) is 33.0 Å². The molecule has 0 radical (unpaired) electrons. The molecule has 3 saturated carbocycles. The van der Waals surface area contributed by atoms with Gasteiger partial charge in [0.1, 0.15) is 110 Å². The highest BCUT2D eigenvalue weighted by Crippen LogP contribution is 2.71. The Morgan fingerprint density at radius 2 is 1.12 bits per heavy atom. The van der Waals surface area contributed by atoms with Crippen LogP contribution < -0.4 is 0 Å². The summed E-state index contributed by atoms with van der Waals surface area (Å²) in [5, 5.41) is 153. The molecule has 0 amide bonds. The van der Waals surface area contributed by atoms with Crippen LogP contribution in [0.4, 0.5) is 0 Å². The zero-order valence-corrected chi connectivity index (χ0v) is 47.1. The maximum absolute atomic E-state index is 12.0. The van der Waals surface area contributed by atoms with E-state index < -0.39 is 186 Å². The van der Waals surface area contributed by atoms with E-state index in [1.54, 1.807) is 0 Å². The number of rotatable bonds is 13. The second kappa shape index (κ2) is 24.2. The maximum Gasteiger partial charge on any atom is 0.187 e. The van der Waals surface area contributed by atoms with Crippen molar-refractivity contribution in [3.63, 3.8) is 0 Å². The van der Waals surface area contributed by atoms with Crippen LogP contribution in [-0.2, 0) is 56.8 Å². The lowest BCUT2D eigenvalue weighted by atomic mass is 9.47. The summed E-state index contributed by atoms with van der Waals surface area (Å²) in [5.74, 6) is 2.32. The highest BCUT2D eigenvalue weighted by Gasteiger charge is 2.69. The second-order valence-corrected chi connectivity index (χ2v) is 26.2. The van der Waals surface area contributed by atoms with Crippen molar-refractivity contribution in [2.24, 2.45) is 46.3 Å². The highest BCUT2D eigenvalue weighted by atomic mass is 16.8. The van der Waals surface area contributed by atoms with E-state index in [4.69, 9.17) is 56.8 Å². The Morgan fingerprint density at radius 1 is 0.537 bits per heavy atom. The van der Waals surface area contributed by atoms with Crippen LogP contribution in [0.15, 0.2) is 11.6 Å². The van der Waals surface area contributed by atoms with Crippen LogP contribution in [0, 0.1) is 46.3 Å². The summed E-state index contributed by atoms with van der Waals surface area (Å²) >= 11 is 0. The lowest BCUT2D eigenvalue weighted by Gasteiger charge is -2.58. The summed E-state index contributed by atoms with van der Waals surface area (Å²) in [6.45, 7) is 8.38. The van der Waals surface area contributed by atoms with E-state index in [2.05, 4.69) is 33.8 Å². The molecule has 1 spiro atoms. The van der Waals surface area contributed by atoms with Gasteiger partial charge in [0.25, 0.3) is 0 Å². The van der Waals surface area contributed by atoms with Crippen LogP contribution in [0.2, 0.25) is 0 Å². The van der Waals surface area contributed by atoms with Gasteiger partial charge < -0.3 is 128 Å². The zero-order valence-electron chi connectivity index (χ0n) is 47.1. The molecule has 0 aromatic rings. The van der Waals surface area contributed by atoms with E-state index in [1.165, 1.54) is 12.5 Å². The Hall–Kier alpha value is -1.30. The van der Waals surface area contributed by atoms with Crippen molar-refractivity contribution in [1.29, 1.82) is 0 Å². The average molecular weight is 1180 g/mol. The third-order valence-electron chi connectivity index (χ3n) is 21.5. The molecule has 7 aliphatic heterocycles. The van der Waals surface area contributed by atoms with E-state index in [1.807, 2.05) is 0 Å². The first kappa shape index (κ1) is 62.3. The van der Waals surface area contributed by atoms with Gasteiger partial charge >= 0.3 is 0 Å². The summed E-state index contributed by atoms with van der Waals surface area (Å²) in [4.78, 5) is 0. The van der Waals surface area contributed by atoms with Gasteiger partial charge in [0.2, 0.25) is 0 Å². The minimum absolute atomic E-state index is 0.0773. The van der Waals surface area contributed by atoms with Crippen molar-refractivity contribution >= 4 is 0 Å². The summed E-state index contributed by atoms with van der Waals surface area (Å²) < 4.78 is 73.4. The molecule has 14 N–H and O–H groups in total. The van der Waals surface area contributed by atoms with Gasteiger partial charge in [0.05, 0.1) is 51.3 Å². The Kier molecular flexibility index (Phi) is 18.4. The summed E-state index contributed by atoms with van der Waals surface area (Å²) in [7, 11) is 0. The normalized spacial score (nSPS) is 56.9. The smallest absolute Gasteiger partial charge is 0.187 e. The molecule has 35 atom stereocenters. The molecular weight excluding hydrogens is 1090 g/mol. The van der Waals surface area contributed by atoms with Crippen LogP contribution in [0.3, 0.4) is 0 Å². The molecular formula is C56H90O26. The molecule has 11 aliphatic rings. The van der Waals surface area contributed by atoms with Crippen molar-refractivity contribution in [3.8, 4) is 0 Å². The van der Waals surface area contributed by atoms with Gasteiger partial charge in [-0.1, -0.05) is 39.3 Å². The molecule has 35 unspecified atom stereocenters. The first-order valence-corrected chi connectivity index (χ1v) is 29.8. The first-order chi connectivity index (χ1) is 39.0. The number of hydrogen-bond donors (Lipinski definition) is 14. The third-order valence-corrected chi connectivity index (χ3v) is 21.5. The Labute approximate surface area is 476 Å². The number of fused-ring (bicyclic) bond motifs is 7. The van der Waals surface area contributed by atoms with E-state index in [0.717, 1.165) is 51.6 Å². The SMILES string of the molecule is CC1CCC2(OC1)OC1CC3C4CC=C5CC(OC6OC(CO)C(OC7OC(CO)C(O)C(OC8OCC(O)C(O)C8O)C7OC7OC(CO)C(OC8OC(C)C(O)C(O)C8O)C(O)C7O)C(O)C6O)CCC5(C)C4CCC3(C)C1C2C. The number of aliphatic hydroxyl groups excluding tert-OH is 14. The molecule has 0 bridgehead atoms.